The summed E-state index contributed by atoms with van der Waals surface area (Å²) in [5.41, 5.74) is 0.802. The Morgan fingerprint density at radius 1 is 1.53 bits per heavy atom. The second-order valence-corrected chi connectivity index (χ2v) is 5.40. The van der Waals surface area contributed by atoms with Crippen LogP contribution in [0, 0.1) is 5.92 Å². The molecule has 98 valence electrons. The van der Waals surface area contributed by atoms with Gasteiger partial charge in [0.1, 0.15) is 0 Å². The zero-order valence-electron chi connectivity index (χ0n) is 9.76. The molecule has 1 aromatic heterocycles. The van der Waals surface area contributed by atoms with Crippen molar-refractivity contribution in [3.8, 4) is 0 Å². The van der Waals surface area contributed by atoms with E-state index >= 15 is 0 Å². The van der Waals surface area contributed by atoms with Crippen molar-refractivity contribution in [1.29, 1.82) is 0 Å². The van der Waals surface area contributed by atoms with Crippen LogP contribution in [0.25, 0.3) is 10.9 Å². The molecule has 1 atom stereocenters. The number of carbonyl (C=O) groups excluding carboxylic acids is 1. The number of aromatic nitrogens is 2. The fraction of sp³-hybridized carbons (Fsp3) is 0.250. The standard InChI is InChI=1S/C12H10BrN3O3/c13-7-1-2-8-9(4-7)14-15-11(8)16-5-6(12(18)19)3-10(16)17/h1-2,4,6H,3,5H2,(H,14,15)(H,18,19)/t6-/m0/s1. The number of halogens is 1. The Kier molecular flexibility index (Phi) is 2.78. The number of aromatic amines is 1. The third kappa shape index (κ3) is 1.99. The van der Waals surface area contributed by atoms with Gasteiger partial charge in [0.05, 0.1) is 11.4 Å². The van der Waals surface area contributed by atoms with Crippen molar-refractivity contribution in [3.63, 3.8) is 0 Å². The number of nitrogens with one attached hydrogen (secondary N) is 1. The largest absolute Gasteiger partial charge is 0.481 e. The number of rotatable bonds is 2. The summed E-state index contributed by atoms with van der Waals surface area (Å²) in [6, 6.07) is 5.57. The van der Waals surface area contributed by atoms with Gasteiger partial charge in [0, 0.05) is 22.8 Å². The van der Waals surface area contributed by atoms with Gasteiger partial charge < -0.3 is 5.11 Å². The van der Waals surface area contributed by atoms with E-state index in [1.165, 1.54) is 4.90 Å². The highest BCUT2D eigenvalue weighted by Gasteiger charge is 2.36. The fourth-order valence-electron chi connectivity index (χ4n) is 2.26. The third-order valence-corrected chi connectivity index (χ3v) is 3.73. The summed E-state index contributed by atoms with van der Waals surface area (Å²) in [7, 11) is 0. The molecule has 1 aliphatic rings. The number of benzene rings is 1. The second-order valence-electron chi connectivity index (χ2n) is 4.48. The first kappa shape index (κ1) is 12.2. The van der Waals surface area contributed by atoms with Gasteiger partial charge in [0.15, 0.2) is 5.82 Å². The minimum Gasteiger partial charge on any atom is -0.481 e. The molecular formula is C12H10BrN3O3. The summed E-state index contributed by atoms with van der Waals surface area (Å²) >= 11 is 3.36. The van der Waals surface area contributed by atoms with Crippen LogP contribution in [0.3, 0.4) is 0 Å². The molecule has 1 saturated heterocycles. The predicted molar refractivity (Wildman–Crippen MR) is 71.9 cm³/mol. The highest BCUT2D eigenvalue weighted by atomic mass is 79.9. The average molecular weight is 324 g/mol. The van der Waals surface area contributed by atoms with Crippen LogP contribution in [0.2, 0.25) is 0 Å². The van der Waals surface area contributed by atoms with E-state index in [9.17, 15) is 9.59 Å². The van der Waals surface area contributed by atoms with Crippen LogP contribution in [0.5, 0.6) is 0 Å². The Morgan fingerprint density at radius 2 is 2.32 bits per heavy atom. The Labute approximate surface area is 116 Å². The van der Waals surface area contributed by atoms with E-state index in [4.69, 9.17) is 5.11 Å². The lowest BCUT2D eigenvalue weighted by molar-refractivity contribution is -0.141. The first-order valence-corrected chi connectivity index (χ1v) is 6.52. The maximum absolute atomic E-state index is 11.9. The van der Waals surface area contributed by atoms with Crippen LogP contribution in [0.4, 0.5) is 5.82 Å². The van der Waals surface area contributed by atoms with Crippen molar-refractivity contribution in [3.05, 3.63) is 22.7 Å². The molecule has 3 rings (SSSR count). The third-order valence-electron chi connectivity index (χ3n) is 3.23. The minimum atomic E-state index is -0.946. The van der Waals surface area contributed by atoms with Crippen molar-refractivity contribution in [1.82, 2.24) is 10.2 Å². The molecule has 0 aliphatic carbocycles. The van der Waals surface area contributed by atoms with E-state index in [-0.39, 0.29) is 18.9 Å². The quantitative estimate of drug-likeness (QED) is 0.881. The number of anilines is 1. The topological polar surface area (TPSA) is 86.3 Å². The molecule has 2 heterocycles. The van der Waals surface area contributed by atoms with Gasteiger partial charge in [-0.25, -0.2) is 0 Å². The van der Waals surface area contributed by atoms with Gasteiger partial charge >= 0.3 is 5.97 Å². The van der Waals surface area contributed by atoms with Crippen LogP contribution in [0.15, 0.2) is 22.7 Å². The van der Waals surface area contributed by atoms with E-state index < -0.39 is 11.9 Å². The number of H-pyrrole nitrogens is 1. The lowest BCUT2D eigenvalue weighted by atomic mass is 10.1. The Morgan fingerprint density at radius 3 is 3.00 bits per heavy atom. The molecule has 0 spiro atoms. The lowest BCUT2D eigenvalue weighted by Gasteiger charge is -2.12. The van der Waals surface area contributed by atoms with Crippen LogP contribution in [-0.4, -0.2) is 33.7 Å². The molecule has 7 heteroatoms. The molecule has 19 heavy (non-hydrogen) atoms. The number of hydrogen-bond donors (Lipinski definition) is 2. The highest BCUT2D eigenvalue weighted by molar-refractivity contribution is 9.10. The number of carbonyl (C=O) groups is 2. The predicted octanol–water partition coefficient (Wildman–Crippen LogP) is 1.76. The number of fused-ring (bicyclic) bond motifs is 1. The minimum absolute atomic E-state index is 0.0280. The molecule has 0 saturated carbocycles. The lowest BCUT2D eigenvalue weighted by Crippen LogP contribution is -2.26. The summed E-state index contributed by atoms with van der Waals surface area (Å²) in [4.78, 5) is 24.3. The monoisotopic (exact) mass is 323 g/mol. The van der Waals surface area contributed by atoms with Gasteiger partial charge in [-0.15, -0.1) is 0 Å². The van der Waals surface area contributed by atoms with Gasteiger partial charge in [-0.2, -0.15) is 5.10 Å². The van der Waals surface area contributed by atoms with Crippen LogP contribution in [0.1, 0.15) is 6.42 Å². The molecule has 2 N–H and O–H groups in total. The van der Waals surface area contributed by atoms with Crippen molar-refractivity contribution < 1.29 is 14.7 Å². The number of amides is 1. The fourth-order valence-corrected chi connectivity index (χ4v) is 2.62. The molecule has 1 aliphatic heterocycles. The molecule has 1 fully saturated rings. The van der Waals surface area contributed by atoms with Crippen LogP contribution in [-0.2, 0) is 9.59 Å². The van der Waals surface area contributed by atoms with Crippen molar-refractivity contribution in [2.75, 3.05) is 11.4 Å². The van der Waals surface area contributed by atoms with Gasteiger partial charge in [-0.3, -0.25) is 19.6 Å². The molecule has 2 aromatic rings. The van der Waals surface area contributed by atoms with Gasteiger partial charge in [0.2, 0.25) is 5.91 Å². The zero-order valence-corrected chi connectivity index (χ0v) is 11.3. The number of carboxylic acid groups (broad SMARTS) is 1. The van der Waals surface area contributed by atoms with E-state index in [0.29, 0.717) is 5.82 Å². The zero-order chi connectivity index (χ0) is 13.6. The van der Waals surface area contributed by atoms with E-state index in [0.717, 1.165) is 15.4 Å². The van der Waals surface area contributed by atoms with Crippen molar-refractivity contribution in [2.45, 2.75) is 6.42 Å². The maximum Gasteiger partial charge on any atom is 0.308 e. The molecule has 0 radical (unpaired) electrons. The summed E-state index contributed by atoms with van der Waals surface area (Å²) in [5, 5.41) is 16.8. The summed E-state index contributed by atoms with van der Waals surface area (Å²) in [5.74, 6) is -1.31. The molecular weight excluding hydrogens is 314 g/mol. The Balaban J connectivity index is 2.01. The first-order valence-electron chi connectivity index (χ1n) is 5.73. The van der Waals surface area contributed by atoms with Gasteiger partial charge in [-0.05, 0) is 18.2 Å². The molecule has 6 nitrogen and oxygen atoms in total. The smallest absolute Gasteiger partial charge is 0.308 e. The number of nitrogens with zero attached hydrogens (tertiary/aromatic N) is 2. The molecule has 1 aromatic carbocycles. The van der Waals surface area contributed by atoms with Crippen molar-refractivity contribution in [2.24, 2.45) is 5.92 Å². The Bertz CT molecular complexity index is 682. The number of aliphatic carboxylic acids is 1. The van der Waals surface area contributed by atoms with Gasteiger partial charge in [0.25, 0.3) is 0 Å². The number of hydrogen-bond acceptors (Lipinski definition) is 3. The van der Waals surface area contributed by atoms with Crippen LogP contribution >= 0.6 is 15.9 Å². The Hall–Kier alpha value is -1.89. The van der Waals surface area contributed by atoms with E-state index in [1.807, 2.05) is 18.2 Å². The SMILES string of the molecule is O=C(O)[C@H]1CC(=O)N(c2n[nH]c3cc(Br)ccc23)C1. The van der Waals surface area contributed by atoms with Crippen LogP contribution < -0.4 is 4.90 Å². The normalized spacial score (nSPS) is 19.3. The van der Waals surface area contributed by atoms with E-state index in [2.05, 4.69) is 26.1 Å². The van der Waals surface area contributed by atoms with Crippen molar-refractivity contribution >= 4 is 44.5 Å². The second kappa shape index (κ2) is 4.34. The average Bonchev–Trinajstić information content (AvgIpc) is 2.92. The van der Waals surface area contributed by atoms with E-state index in [1.54, 1.807) is 0 Å². The number of carboxylic acids is 1. The highest BCUT2D eigenvalue weighted by Crippen LogP contribution is 2.30. The molecule has 1 amide bonds. The summed E-state index contributed by atoms with van der Waals surface area (Å²) in [6.45, 7) is 0.171. The molecule has 0 bridgehead atoms. The van der Waals surface area contributed by atoms with Gasteiger partial charge in [-0.1, -0.05) is 15.9 Å². The summed E-state index contributed by atoms with van der Waals surface area (Å²) < 4.78 is 0.909. The molecule has 0 unspecified atom stereocenters. The summed E-state index contributed by atoms with van der Waals surface area (Å²) in [6.07, 6.45) is 0.0280. The first-order chi connectivity index (χ1) is 9.06. The maximum atomic E-state index is 11.9.